The van der Waals surface area contributed by atoms with Crippen LogP contribution in [0.4, 0.5) is 78.3 Å². The second-order valence-electron chi connectivity index (χ2n) is 26.1. The number of thiocarbonyl (C=S) groups is 3. The number of hydrogen-bond acceptors (Lipinski definition) is 20. The first kappa shape index (κ1) is 76.2. The molecule has 0 atom stereocenters. The molecular weight excluding hydrogens is 1430 g/mol. The molecule has 4 aliphatic rings. The van der Waals surface area contributed by atoms with E-state index in [0.717, 1.165) is 115 Å². The molecule has 6 aromatic heterocycles. The van der Waals surface area contributed by atoms with Gasteiger partial charge in [-0.1, -0.05) is 54.3 Å². The summed E-state index contributed by atoms with van der Waals surface area (Å²) < 4.78 is 79.9. The molecule has 546 valence electrons. The number of alkyl halides is 6. The number of hydrogen-bond donors (Lipinski definition) is 8. The Morgan fingerprint density at radius 2 is 1.02 bits per heavy atom. The highest BCUT2D eigenvalue weighted by Gasteiger charge is 2.34. The summed E-state index contributed by atoms with van der Waals surface area (Å²) >= 11 is 22.3. The van der Waals surface area contributed by atoms with Crippen molar-refractivity contribution in [3.63, 3.8) is 0 Å². The Kier molecular flexibility index (Phi) is 24.0. The lowest BCUT2D eigenvalue weighted by atomic mass is 10.0. The number of aryl methyl sites for hydroxylation is 4. The molecule has 10 heterocycles. The zero-order valence-corrected chi connectivity index (χ0v) is 61.7. The third kappa shape index (κ3) is 19.7. The number of carbonyl (C=O) groups excluding carboxylic acids is 2. The number of aromatic nitrogens is 9. The van der Waals surface area contributed by atoms with E-state index >= 15 is 0 Å². The molecule has 32 heteroatoms. The maximum atomic E-state index is 13.4. The summed E-state index contributed by atoms with van der Waals surface area (Å²) in [5.41, 5.74) is 11.6. The Hall–Kier alpha value is -9.89. The maximum absolute atomic E-state index is 13.4. The number of nitrogens with one attached hydrogen (secondary N) is 8. The van der Waals surface area contributed by atoms with Crippen LogP contribution in [0.2, 0.25) is 5.02 Å². The molecule has 0 radical (unpaired) electrons. The van der Waals surface area contributed by atoms with Gasteiger partial charge in [0.15, 0.2) is 0 Å². The van der Waals surface area contributed by atoms with Gasteiger partial charge in [0.2, 0.25) is 17.8 Å². The molecule has 13 rings (SSSR count). The Morgan fingerprint density at radius 3 is 1.54 bits per heavy atom. The number of likely N-dealkylation sites (tertiary alicyclic amines) is 1. The fourth-order valence-electron chi connectivity index (χ4n) is 11.8. The number of fused-ring (bicyclic) bond motifs is 9. The SMILES string of the molecule is Cc1nc(C(=O)NC2CCN(C)CC2)ccc1Nc1ncc2c(n1)-c1ccc(Cl)cc1NC(=S)C2.Cc1nc(C(=O)NCCN(C)C)ccc1Nc1ncc2c(n1)-c1ccc(C(F)(F)F)cc1NC(=S)C2.Cc1ncc(CCCN(C)C)cc1Nc1ncc2c(n1)-c1cc(C(F)(F)F)ccc1NC(=S)C2. The van der Waals surface area contributed by atoms with Crippen molar-refractivity contribution in [2.75, 3.05) is 99.9 Å². The minimum atomic E-state index is -4.48. The van der Waals surface area contributed by atoms with Crippen molar-refractivity contribution in [2.24, 2.45) is 0 Å². The van der Waals surface area contributed by atoms with Gasteiger partial charge in [-0.15, -0.1) is 0 Å². The van der Waals surface area contributed by atoms with Crippen molar-refractivity contribution in [2.45, 2.75) is 84.1 Å². The number of pyridine rings is 3. The van der Waals surface area contributed by atoms with Crippen LogP contribution in [0.25, 0.3) is 33.8 Å². The minimum Gasteiger partial charge on any atom is -0.349 e. The summed E-state index contributed by atoms with van der Waals surface area (Å²) in [6.07, 6.45) is 2.85. The first-order chi connectivity index (χ1) is 50.0. The van der Waals surface area contributed by atoms with E-state index in [0.29, 0.717) is 120 Å². The predicted molar refractivity (Wildman–Crippen MR) is 410 cm³/mol. The van der Waals surface area contributed by atoms with Gasteiger partial charge < -0.3 is 57.2 Å². The molecule has 2 amide bonds. The van der Waals surface area contributed by atoms with Crippen LogP contribution in [-0.4, -0.2) is 160 Å². The highest BCUT2D eigenvalue weighted by Crippen LogP contribution is 2.42. The molecule has 0 unspecified atom stereocenters. The fourth-order valence-corrected chi connectivity index (χ4v) is 12.8. The number of rotatable bonds is 16. The van der Waals surface area contributed by atoms with E-state index in [-0.39, 0.29) is 41.1 Å². The lowest BCUT2D eigenvalue weighted by Gasteiger charge is -2.29. The second kappa shape index (κ2) is 33.1. The van der Waals surface area contributed by atoms with Crippen LogP contribution in [0.5, 0.6) is 0 Å². The summed E-state index contributed by atoms with van der Waals surface area (Å²) in [5, 5.41) is 25.2. The Bertz CT molecular complexity index is 4810. The molecule has 0 spiro atoms. The van der Waals surface area contributed by atoms with Crippen molar-refractivity contribution in [1.82, 2.24) is 70.2 Å². The van der Waals surface area contributed by atoms with Crippen LogP contribution in [0.1, 0.15) is 90.7 Å². The monoisotopic (exact) mass is 1510 g/mol. The van der Waals surface area contributed by atoms with E-state index in [9.17, 15) is 35.9 Å². The van der Waals surface area contributed by atoms with Crippen LogP contribution in [0.15, 0.2) is 110 Å². The topological polar surface area (TPSA) is 256 Å². The van der Waals surface area contributed by atoms with Crippen molar-refractivity contribution in [1.29, 1.82) is 0 Å². The number of nitrogens with zero attached hydrogens (tertiary/aromatic N) is 12. The molecule has 0 aliphatic carbocycles. The largest absolute Gasteiger partial charge is 0.416 e. The number of amides is 2. The van der Waals surface area contributed by atoms with Gasteiger partial charge in [0.05, 0.1) is 77.3 Å². The summed E-state index contributed by atoms with van der Waals surface area (Å²) in [6, 6.07) is 21.6. The van der Waals surface area contributed by atoms with E-state index in [1.54, 1.807) is 43.7 Å². The van der Waals surface area contributed by atoms with Gasteiger partial charge in [0.25, 0.3) is 11.8 Å². The molecule has 1 saturated heterocycles. The van der Waals surface area contributed by atoms with E-state index in [2.05, 4.69) is 99.3 Å². The molecule has 1 fully saturated rings. The number of halogens is 7. The third-order valence-electron chi connectivity index (χ3n) is 17.4. The van der Waals surface area contributed by atoms with Crippen LogP contribution < -0.4 is 42.5 Å². The van der Waals surface area contributed by atoms with Gasteiger partial charge in [-0.25, -0.2) is 39.9 Å². The lowest BCUT2D eigenvalue weighted by molar-refractivity contribution is -0.138. The number of likely N-dealkylation sites (N-methyl/N-ethyl adjacent to an activating group) is 1. The second-order valence-corrected chi connectivity index (χ2v) is 28.0. The summed E-state index contributed by atoms with van der Waals surface area (Å²) in [6.45, 7) is 9.64. The first-order valence-electron chi connectivity index (χ1n) is 33.5. The lowest BCUT2D eigenvalue weighted by Crippen LogP contribution is -2.43. The molecule has 9 aromatic rings. The zero-order valence-electron chi connectivity index (χ0n) is 58.5. The van der Waals surface area contributed by atoms with Gasteiger partial charge in [-0.05, 0) is 186 Å². The first-order valence-corrected chi connectivity index (χ1v) is 35.1. The highest BCUT2D eigenvalue weighted by molar-refractivity contribution is 7.81. The number of anilines is 9. The zero-order chi connectivity index (χ0) is 75.0. The number of piperidine rings is 1. The van der Waals surface area contributed by atoms with Crippen molar-refractivity contribution >= 4 is 127 Å². The summed E-state index contributed by atoms with van der Waals surface area (Å²) in [7, 11) is 10.0. The molecule has 105 heavy (non-hydrogen) atoms. The van der Waals surface area contributed by atoms with Gasteiger partial charge >= 0.3 is 12.4 Å². The normalized spacial score (nSPS) is 14.0. The predicted octanol–water partition coefficient (Wildman–Crippen LogP) is 14.0. The summed E-state index contributed by atoms with van der Waals surface area (Å²) in [5.74, 6) is 0.539. The standard InChI is InChI=1S/C25H26ClN7OS.C24H24F3N7OS.C24H25F3N6S/c1-14-19(5-6-20(28-14)24(34)29-17-7-9-33(2)10-8-17)31-25-27-13-15-11-22(35)30-21-12-16(26)3-4-18(21)23(15)32-25;1-13-17(6-7-18(30-13)22(35)28-8-9-34(2)3)32-23-29-12-14-10-20(36)31-19-11-15(24(25,26)27)4-5-16(19)21(14)33-23;1-14-20(9-15(12-28-14)5-4-8-33(2)3)31-23-29-13-16-10-21(34)30-19-7-6-17(24(25,26)27)11-18(19)22(16)32-23/h3-6,12-13,17H,7-11H2,1-2H3,(H,29,34)(H,30,35)(H,27,31,32);4-7,11-12H,8-10H2,1-3H3,(H,28,35)(H,31,36)(H,29,32,33);6-7,9,11-13H,4-5,8,10H2,1-3H3,(H,30,34)(H,29,31,32). The quantitative estimate of drug-likeness (QED) is 0.0330. The van der Waals surface area contributed by atoms with E-state index in [1.807, 2.05) is 83.5 Å². The average molecular weight is 1510 g/mol. The van der Waals surface area contributed by atoms with E-state index in [1.165, 1.54) is 12.1 Å². The van der Waals surface area contributed by atoms with Crippen LogP contribution >= 0.6 is 48.3 Å². The molecule has 4 aliphatic heterocycles. The van der Waals surface area contributed by atoms with Crippen molar-refractivity contribution < 1.29 is 35.9 Å². The smallest absolute Gasteiger partial charge is 0.349 e. The van der Waals surface area contributed by atoms with Gasteiger partial charge in [0, 0.05) is 119 Å². The summed E-state index contributed by atoms with van der Waals surface area (Å²) in [4.78, 5) is 73.5. The molecular formula is C73H75ClF6N20O2S3. The molecule has 8 N–H and O–H groups in total. The van der Waals surface area contributed by atoms with E-state index < -0.39 is 23.5 Å². The number of carbonyl (C=O) groups is 2. The maximum Gasteiger partial charge on any atom is 0.416 e. The van der Waals surface area contributed by atoms with Crippen molar-refractivity contribution in [3.05, 3.63) is 177 Å². The van der Waals surface area contributed by atoms with Crippen LogP contribution in [0, 0.1) is 20.8 Å². The Balaban J connectivity index is 0.000000158. The van der Waals surface area contributed by atoms with Crippen LogP contribution in [0.3, 0.4) is 0 Å². The molecule has 22 nitrogen and oxygen atoms in total. The van der Waals surface area contributed by atoms with E-state index in [4.69, 9.17) is 53.2 Å². The van der Waals surface area contributed by atoms with Gasteiger partial charge in [-0.2, -0.15) is 26.3 Å². The average Bonchev–Trinajstić information content (AvgIpc) is 1.74. The molecule has 0 bridgehead atoms. The highest BCUT2D eigenvalue weighted by atomic mass is 35.5. The van der Waals surface area contributed by atoms with Gasteiger partial charge in [-0.3, -0.25) is 14.6 Å². The third-order valence-corrected chi connectivity index (χ3v) is 18.4. The minimum absolute atomic E-state index is 0.144. The van der Waals surface area contributed by atoms with Gasteiger partial charge in [0.1, 0.15) is 11.4 Å². The fraction of sp³-hybridized carbons (Fsp3) is 0.315. The van der Waals surface area contributed by atoms with Crippen molar-refractivity contribution in [3.8, 4) is 33.8 Å². The Morgan fingerprint density at radius 1 is 0.543 bits per heavy atom. The number of benzene rings is 3. The molecule has 0 saturated carbocycles. The molecule has 3 aromatic carbocycles. The Labute approximate surface area is 623 Å². The van der Waals surface area contributed by atoms with Crippen LogP contribution in [-0.2, 0) is 38.0 Å².